The summed E-state index contributed by atoms with van der Waals surface area (Å²) in [7, 11) is -3.97. The summed E-state index contributed by atoms with van der Waals surface area (Å²) in [4.78, 5) is -0.276. The Balaban J connectivity index is 2.17. The molecule has 122 valence electrons. The zero-order valence-corrected chi connectivity index (χ0v) is 13.9. The summed E-state index contributed by atoms with van der Waals surface area (Å²) in [6.07, 6.45) is 0. The molecule has 0 aromatic heterocycles. The van der Waals surface area contributed by atoms with Crippen LogP contribution in [-0.2, 0) is 16.6 Å². The number of para-hydroxylation sites is 1. The van der Waals surface area contributed by atoms with Gasteiger partial charge in [0.15, 0.2) is 0 Å². The molecule has 2 aromatic rings. The molecule has 4 nitrogen and oxygen atoms in total. The van der Waals surface area contributed by atoms with Crippen molar-refractivity contribution in [2.45, 2.75) is 31.3 Å². The highest BCUT2D eigenvalue weighted by molar-refractivity contribution is 7.92. The molecule has 23 heavy (non-hydrogen) atoms. The highest BCUT2D eigenvalue weighted by Gasteiger charge is 2.32. The first kappa shape index (κ1) is 16.0. The lowest BCUT2D eigenvalue weighted by atomic mass is 10.2. The van der Waals surface area contributed by atoms with Crippen LogP contribution in [0.5, 0.6) is 0 Å². The third-order valence-corrected chi connectivity index (χ3v) is 5.79. The maximum Gasteiger partial charge on any atom is 0.267 e. The van der Waals surface area contributed by atoms with Gasteiger partial charge in [0.05, 0.1) is 5.69 Å². The fourth-order valence-electron chi connectivity index (χ4n) is 2.75. The van der Waals surface area contributed by atoms with Crippen LogP contribution < -0.4 is 9.62 Å². The molecule has 1 heterocycles. The Hall–Kier alpha value is -1.92. The largest absolute Gasteiger partial charge is 0.308 e. The summed E-state index contributed by atoms with van der Waals surface area (Å²) in [5.74, 6) is -0.724. The molecule has 1 aliphatic heterocycles. The first-order valence-electron chi connectivity index (χ1n) is 7.50. The van der Waals surface area contributed by atoms with Crippen molar-refractivity contribution < 1.29 is 12.8 Å². The molecule has 0 bridgehead atoms. The van der Waals surface area contributed by atoms with E-state index in [9.17, 15) is 12.8 Å². The molecule has 6 heteroatoms. The molecule has 0 aliphatic carbocycles. The van der Waals surface area contributed by atoms with Gasteiger partial charge in [-0.2, -0.15) is 0 Å². The minimum atomic E-state index is -3.97. The summed E-state index contributed by atoms with van der Waals surface area (Å²) >= 11 is 0. The minimum absolute atomic E-state index is 0.0370. The molecule has 1 atom stereocenters. The Morgan fingerprint density at radius 1 is 1.22 bits per heavy atom. The van der Waals surface area contributed by atoms with Crippen molar-refractivity contribution in [2.24, 2.45) is 0 Å². The zero-order chi connectivity index (χ0) is 16.6. The summed E-state index contributed by atoms with van der Waals surface area (Å²) in [5.41, 5.74) is 2.19. The van der Waals surface area contributed by atoms with E-state index in [-0.39, 0.29) is 17.5 Å². The molecule has 2 aromatic carbocycles. The molecule has 0 radical (unpaired) electrons. The monoisotopic (exact) mass is 334 g/mol. The fraction of sp³-hybridized carbons (Fsp3) is 0.294. The molecule has 0 spiro atoms. The van der Waals surface area contributed by atoms with Gasteiger partial charge in [-0.05, 0) is 43.2 Å². The second-order valence-corrected chi connectivity index (χ2v) is 7.71. The van der Waals surface area contributed by atoms with Crippen LogP contribution in [0.1, 0.15) is 18.1 Å². The van der Waals surface area contributed by atoms with Gasteiger partial charge in [-0.25, -0.2) is 12.8 Å². The van der Waals surface area contributed by atoms with E-state index in [1.165, 1.54) is 16.4 Å². The van der Waals surface area contributed by atoms with Crippen LogP contribution in [0.4, 0.5) is 10.1 Å². The highest BCUT2D eigenvalue weighted by Crippen LogP contribution is 2.30. The molecule has 0 saturated heterocycles. The highest BCUT2D eigenvalue weighted by atomic mass is 32.2. The van der Waals surface area contributed by atoms with Crippen molar-refractivity contribution in [2.75, 3.05) is 10.8 Å². The zero-order valence-electron chi connectivity index (χ0n) is 13.1. The van der Waals surface area contributed by atoms with Gasteiger partial charge < -0.3 is 5.32 Å². The summed E-state index contributed by atoms with van der Waals surface area (Å²) in [6.45, 7) is 4.51. The number of hydrogen-bond acceptors (Lipinski definition) is 3. The quantitative estimate of drug-likeness (QED) is 0.919. The molecule has 1 N–H and O–H groups in total. The lowest BCUT2D eigenvalue weighted by molar-refractivity contribution is 0.546. The number of sulfonamides is 1. The number of nitrogens with one attached hydrogen (secondary N) is 1. The van der Waals surface area contributed by atoms with E-state index in [0.29, 0.717) is 17.8 Å². The third-order valence-electron chi connectivity index (χ3n) is 4.00. The number of nitrogens with zero attached hydrogens (tertiary/aromatic N) is 1. The predicted molar refractivity (Wildman–Crippen MR) is 88.4 cm³/mol. The summed E-state index contributed by atoms with van der Waals surface area (Å²) in [5, 5.41) is 3.28. The predicted octanol–water partition coefficient (Wildman–Crippen LogP) is 2.82. The van der Waals surface area contributed by atoms with Crippen molar-refractivity contribution in [3.63, 3.8) is 0 Å². The number of hydrogen-bond donors (Lipinski definition) is 1. The molecular formula is C17H19FN2O2S. The Bertz CT molecular complexity index is 836. The third kappa shape index (κ3) is 2.96. The Morgan fingerprint density at radius 3 is 2.74 bits per heavy atom. The first-order valence-corrected chi connectivity index (χ1v) is 8.94. The first-order chi connectivity index (χ1) is 10.9. The van der Waals surface area contributed by atoms with Crippen molar-refractivity contribution >= 4 is 15.7 Å². The van der Waals surface area contributed by atoms with Crippen molar-refractivity contribution in [3.8, 4) is 0 Å². The average molecular weight is 334 g/mol. The SMILES string of the molecule is Cc1ccc(F)c(S(=O)(=O)N2CC(C)NCc3ccccc32)c1. The van der Waals surface area contributed by atoms with Gasteiger partial charge in [-0.3, -0.25) is 4.31 Å². The molecule has 1 aliphatic rings. The lowest BCUT2D eigenvalue weighted by Crippen LogP contribution is -2.40. The van der Waals surface area contributed by atoms with E-state index in [2.05, 4.69) is 5.32 Å². The number of rotatable bonds is 2. The van der Waals surface area contributed by atoms with Gasteiger partial charge in [0, 0.05) is 19.1 Å². The number of anilines is 1. The molecule has 0 amide bonds. The maximum atomic E-state index is 14.2. The molecule has 0 saturated carbocycles. The number of aryl methyl sites for hydroxylation is 1. The van der Waals surface area contributed by atoms with Crippen LogP contribution in [0.15, 0.2) is 47.4 Å². The van der Waals surface area contributed by atoms with Gasteiger partial charge in [0.25, 0.3) is 10.0 Å². The van der Waals surface area contributed by atoms with E-state index in [4.69, 9.17) is 0 Å². The maximum absolute atomic E-state index is 14.2. The second kappa shape index (κ2) is 5.94. The van der Waals surface area contributed by atoms with Gasteiger partial charge >= 0.3 is 0 Å². The Morgan fingerprint density at radius 2 is 1.96 bits per heavy atom. The van der Waals surface area contributed by atoms with E-state index in [1.54, 1.807) is 25.1 Å². The van der Waals surface area contributed by atoms with Crippen molar-refractivity contribution in [1.82, 2.24) is 5.32 Å². The van der Waals surface area contributed by atoms with Gasteiger partial charge in [0.1, 0.15) is 10.7 Å². The fourth-order valence-corrected chi connectivity index (χ4v) is 4.50. The van der Waals surface area contributed by atoms with Gasteiger partial charge in [-0.1, -0.05) is 24.3 Å². The van der Waals surface area contributed by atoms with Crippen LogP contribution in [0.25, 0.3) is 0 Å². The standard InChI is InChI=1S/C17H19FN2O2S/c1-12-7-8-15(18)17(9-12)23(21,22)20-11-13(2)19-10-14-5-3-4-6-16(14)20/h3-9,13,19H,10-11H2,1-2H3. The van der Waals surface area contributed by atoms with Crippen LogP contribution in [0.2, 0.25) is 0 Å². The molecular weight excluding hydrogens is 315 g/mol. The second-order valence-electron chi connectivity index (χ2n) is 5.88. The normalized spacial score (nSPS) is 18.4. The van der Waals surface area contributed by atoms with E-state index in [1.807, 2.05) is 19.1 Å². The van der Waals surface area contributed by atoms with Gasteiger partial charge in [0.2, 0.25) is 0 Å². The molecule has 0 fully saturated rings. The molecule has 1 unspecified atom stereocenters. The van der Waals surface area contributed by atoms with E-state index < -0.39 is 15.8 Å². The summed E-state index contributed by atoms with van der Waals surface area (Å²) < 4.78 is 41.6. The topological polar surface area (TPSA) is 49.4 Å². The van der Waals surface area contributed by atoms with E-state index in [0.717, 1.165) is 5.56 Å². The van der Waals surface area contributed by atoms with Crippen LogP contribution in [-0.4, -0.2) is 21.0 Å². The summed E-state index contributed by atoms with van der Waals surface area (Å²) in [6, 6.07) is 11.4. The lowest BCUT2D eigenvalue weighted by Gasteiger charge is -2.26. The van der Waals surface area contributed by atoms with Crippen LogP contribution in [0.3, 0.4) is 0 Å². The van der Waals surface area contributed by atoms with Gasteiger partial charge in [-0.15, -0.1) is 0 Å². The average Bonchev–Trinajstić information content (AvgIpc) is 2.70. The van der Waals surface area contributed by atoms with Crippen LogP contribution in [0, 0.1) is 12.7 Å². The van der Waals surface area contributed by atoms with E-state index >= 15 is 0 Å². The Kier molecular flexibility index (Phi) is 4.12. The van der Waals surface area contributed by atoms with Crippen molar-refractivity contribution in [1.29, 1.82) is 0 Å². The Labute approximate surface area is 136 Å². The number of benzene rings is 2. The van der Waals surface area contributed by atoms with Crippen molar-refractivity contribution in [3.05, 3.63) is 59.4 Å². The minimum Gasteiger partial charge on any atom is -0.308 e. The smallest absolute Gasteiger partial charge is 0.267 e. The number of fused-ring (bicyclic) bond motifs is 1. The number of halogens is 1. The molecule has 3 rings (SSSR count). The van der Waals surface area contributed by atoms with Crippen LogP contribution >= 0.6 is 0 Å².